The van der Waals surface area contributed by atoms with E-state index in [-0.39, 0.29) is 11.3 Å². The van der Waals surface area contributed by atoms with Gasteiger partial charge in [-0.1, -0.05) is 0 Å². The van der Waals surface area contributed by atoms with E-state index in [1.54, 1.807) is 31.4 Å². The lowest BCUT2D eigenvalue weighted by Gasteiger charge is -2.13. The maximum atomic E-state index is 12.3. The highest BCUT2D eigenvalue weighted by Gasteiger charge is 2.20. The number of carbonyl (C=O) groups is 2. The Bertz CT molecular complexity index is 802. The summed E-state index contributed by atoms with van der Waals surface area (Å²) in [4.78, 5) is 24.3. The highest BCUT2D eigenvalue weighted by atomic mass is 16.5. The van der Waals surface area contributed by atoms with Gasteiger partial charge in [-0.15, -0.1) is 0 Å². The molecule has 8 nitrogen and oxygen atoms in total. The van der Waals surface area contributed by atoms with Gasteiger partial charge in [0.1, 0.15) is 17.1 Å². The molecular formula is C19H21NO7. The number of esters is 1. The highest BCUT2D eigenvalue weighted by Crippen LogP contribution is 2.34. The quantitative estimate of drug-likeness (QED) is 0.709. The van der Waals surface area contributed by atoms with Gasteiger partial charge in [0.2, 0.25) is 0 Å². The van der Waals surface area contributed by atoms with Crippen molar-refractivity contribution in [1.29, 1.82) is 0 Å². The van der Waals surface area contributed by atoms with Gasteiger partial charge in [-0.25, -0.2) is 4.79 Å². The van der Waals surface area contributed by atoms with Gasteiger partial charge in [0, 0.05) is 17.8 Å². The third-order valence-corrected chi connectivity index (χ3v) is 3.63. The fraction of sp³-hybridized carbons (Fsp3) is 0.263. The number of methoxy groups -OCH3 is 4. The topological polar surface area (TPSA) is 92.3 Å². The lowest BCUT2D eigenvalue weighted by atomic mass is 10.1. The lowest BCUT2D eigenvalue weighted by Crippen LogP contribution is -2.21. The van der Waals surface area contributed by atoms with Crippen molar-refractivity contribution in [3.05, 3.63) is 42.0 Å². The van der Waals surface area contributed by atoms with Crippen LogP contribution in [-0.2, 0) is 9.53 Å². The number of ether oxygens (including phenoxy) is 5. The predicted molar refractivity (Wildman–Crippen MR) is 98.0 cm³/mol. The van der Waals surface area contributed by atoms with Crippen molar-refractivity contribution in [3.63, 3.8) is 0 Å². The molecule has 8 heteroatoms. The van der Waals surface area contributed by atoms with Crippen molar-refractivity contribution < 1.29 is 33.3 Å². The van der Waals surface area contributed by atoms with Crippen molar-refractivity contribution >= 4 is 17.6 Å². The number of carbonyl (C=O) groups excluding carboxylic acids is 2. The molecule has 144 valence electrons. The average molecular weight is 375 g/mol. The van der Waals surface area contributed by atoms with Crippen LogP contribution in [0.2, 0.25) is 0 Å². The molecule has 0 spiro atoms. The fourth-order valence-electron chi connectivity index (χ4n) is 2.27. The van der Waals surface area contributed by atoms with Gasteiger partial charge in [-0.3, -0.25) is 4.79 Å². The van der Waals surface area contributed by atoms with E-state index < -0.39 is 18.5 Å². The van der Waals surface area contributed by atoms with Crippen LogP contribution in [0.15, 0.2) is 36.4 Å². The van der Waals surface area contributed by atoms with Gasteiger partial charge in [0.25, 0.3) is 5.91 Å². The van der Waals surface area contributed by atoms with Gasteiger partial charge < -0.3 is 29.0 Å². The number of hydrogen-bond acceptors (Lipinski definition) is 7. The molecule has 0 radical (unpaired) electrons. The van der Waals surface area contributed by atoms with Crippen LogP contribution in [0.3, 0.4) is 0 Å². The molecule has 0 bridgehead atoms. The van der Waals surface area contributed by atoms with Crippen LogP contribution in [0, 0.1) is 0 Å². The van der Waals surface area contributed by atoms with Gasteiger partial charge in [0.05, 0.1) is 28.4 Å². The summed E-state index contributed by atoms with van der Waals surface area (Å²) in [5, 5.41) is 2.62. The molecule has 2 rings (SSSR count). The second-order valence-corrected chi connectivity index (χ2v) is 5.26. The summed E-state index contributed by atoms with van der Waals surface area (Å²) >= 11 is 0. The molecule has 0 aliphatic heterocycles. The van der Waals surface area contributed by atoms with E-state index in [9.17, 15) is 9.59 Å². The number of amides is 1. The largest absolute Gasteiger partial charge is 0.497 e. The van der Waals surface area contributed by atoms with Crippen LogP contribution in [0.1, 0.15) is 10.4 Å². The molecular weight excluding hydrogens is 354 g/mol. The zero-order valence-corrected chi connectivity index (χ0v) is 15.5. The summed E-state index contributed by atoms with van der Waals surface area (Å²) in [5.74, 6) is 0.454. The predicted octanol–water partition coefficient (Wildman–Crippen LogP) is 2.52. The molecule has 27 heavy (non-hydrogen) atoms. The minimum absolute atomic E-state index is 0.118. The second-order valence-electron chi connectivity index (χ2n) is 5.26. The Morgan fingerprint density at radius 3 is 1.96 bits per heavy atom. The Hall–Kier alpha value is -3.42. The third kappa shape index (κ3) is 5.04. The Balaban J connectivity index is 2.02. The molecule has 2 aromatic rings. The van der Waals surface area contributed by atoms with Crippen LogP contribution >= 0.6 is 0 Å². The zero-order valence-electron chi connectivity index (χ0n) is 15.5. The van der Waals surface area contributed by atoms with Gasteiger partial charge in [0.15, 0.2) is 18.1 Å². The van der Waals surface area contributed by atoms with Crippen molar-refractivity contribution in [2.24, 2.45) is 0 Å². The maximum Gasteiger partial charge on any atom is 0.342 e. The number of hydrogen-bond donors (Lipinski definition) is 1. The monoisotopic (exact) mass is 375 g/mol. The van der Waals surface area contributed by atoms with E-state index in [1.807, 2.05) is 0 Å². The molecule has 0 aliphatic rings. The van der Waals surface area contributed by atoms with Crippen molar-refractivity contribution in [3.8, 4) is 23.0 Å². The average Bonchev–Trinajstić information content (AvgIpc) is 2.71. The standard InChI is InChI=1S/C19H21NO7/c1-23-13-7-5-12(6-8-13)20-18(21)11-27-19(22)14-9-16(25-3)17(26-4)10-15(14)24-2/h5-10H,11H2,1-4H3,(H,20,21). The second kappa shape index (κ2) is 9.33. The van der Waals surface area contributed by atoms with Crippen LogP contribution in [-0.4, -0.2) is 46.9 Å². The summed E-state index contributed by atoms with van der Waals surface area (Å²) in [7, 11) is 5.88. The lowest BCUT2D eigenvalue weighted by molar-refractivity contribution is -0.119. The van der Waals surface area contributed by atoms with Crippen molar-refractivity contribution in [2.75, 3.05) is 40.4 Å². The first-order valence-corrected chi connectivity index (χ1v) is 7.93. The Kier molecular flexibility index (Phi) is 6.87. The van der Waals surface area contributed by atoms with E-state index >= 15 is 0 Å². The summed E-state index contributed by atoms with van der Waals surface area (Å²) in [6, 6.07) is 9.70. The molecule has 2 aromatic carbocycles. The van der Waals surface area contributed by atoms with E-state index in [4.69, 9.17) is 23.7 Å². The maximum absolute atomic E-state index is 12.3. The molecule has 0 fully saturated rings. The molecule has 0 unspecified atom stereocenters. The molecule has 0 heterocycles. The summed E-state index contributed by atoms with van der Waals surface area (Å²) in [5.41, 5.74) is 0.674. The highest BCUT2D eigenvalue weighted by molar-refractivity contribution is 5.97. The number of benzene rings is 2. The van der Waals surface area contributed by atoms with E-state index in [2.05, 4.69) is 5.32 Å². The smallest absolute Gasteiger partial charge is 0.342 e. The van der Waals surface area contributed by atoms with E-state index in [0.29, 0.717) is 22.9 Å². The summed E-state index contributed by atoms with van der Waals surface area (Å²) in [6.07, 6.45) is 0. The van der Waals surface area contributed by atoms with Gasteiger partial charge >= 0.3 is 5.97 Å². The Labute approximate surface area is 156 Å². The molecule has 1 amide bonds. The molecule has 0 aromatic heterocycles. The summed E-state index contributed by atoms with van der Waals surface area (Å²) in [6.45, 7) is -0.456. The number of rotatable bonds is 8. The SMILES string of the molecule is COc1ccc(NC(=O)COC(=O)c2cc(OC)c(OC)cc2OC)cc1. The zero-order chi connectivity index (χ0) is 19.8. The third-order valence-electron chi connectivity index (χ3n) is 3.63. The minimum atomic E-state index is -0.724. The van der Waals surface area contributed by atoms with Gasteiger partial charge in [-0.2, -0.15) is 0 Å². The molecule has 1 N–H and O–H groups in total. The molecule has 0 atom stereocenters. The first kappa shape index (κ1) is 19.9. The first-order chi connectivity index (χ1) is 13.0. The van der Waals surface area contributed by atoms with Crippen LogP contribution in [0.5, 0.6) is 23.0 Å². The first-order valence-electron chi connectivity index (χ1n) is 7.93. The molecule has 0 saturated carbocycles. The molecule has 0 aliphatic carbocycles. The number of anilines is 1. The van der Waals surface area contributed by atoms with Crippen LogP contribution in [0.4, 0.5) is 5.69 Å². The van der Waals surface area contributed by atoms with E-state index in [1.165, 1.54) is 33.5 Å². The molecule has 0 saturated heterocycles. The van der Waals surface area contributed by atoms with Crippen LogP contribution < -0.4 is 24.3 Å². The Morgan fingerprint density at radius 1 is 0.815 bits per heavy atom. The Morgan fingerprint density at radius 2 is 1.41 bits per heavy atom. The number of nitrogens with one attached hydrogen (secondary N) is 1. The van der Waals surface area contributed by atoms with Crippen molar-refractivity contribution in [1.82, 2.24) is 0 Å². The fourth-order valence-corrected chi connectivity index (χ4v) is 2.27. The minimum Gasteiger partial charge on any atom is -0.497 e. The van der Waals surface area contributed by atoms with E-state index in [0.717, 1.165) is 0 Å². The van der Waals surface area contributed by atoms with Crippen LogP contribution in [0.25, 0.3) is 0 Å². The normalized spacial score (nSPS) is 9.93. The van der Waals surface area contributed by atoms with Crippen molar-refractivity contribution in [2.45, 2.75) is 0 Å². The summed E-state index contributed by atoms with van der Waals surface area (Å²) < 4.78 is 25.6. The van der Waals surface area contributed by atoms with Gasteiger partial charge in [-0.05, 0) is 24.3 Å².